The molecule has 1 aliphatic rings. The molecule has 0 fully saturated rings. The van der Waals surface area contributed by atoms with E-state index in [1.807, 2.05) is 20.8 Å². The van der Waals surface area contributed by atoms with E-state index in [-0.39, 0.29) is 30.5 Å². The van der Waals surface area contributed by atoms with Crippen molar-refractivity contribution in [2.24, 2.45) is 11.1 Å². The second kappa shape index (κ2) is 6.05. The van der Waals surface area contributed by atoms with E-state index in [2.05, 4.69) is 0 Å². The molecule has 118 valence electrons. The average Bonchev–Trinajstić information content (AvgIpc) is 2.81. The molecule has 1 aliphatic heterocycles. The Morgan fingerprint density at radius 1 is 1.33 bits per heavy atom. The van der Waals surface area contributed by atoms with E-state index in [0.29, 0.717) is 11.5 Å². The monoisotopic (exact) mass is 318 g/mol. The number of nitrogens with zero attached hydrogens (tertiary/aromatic N) is 1. The minimum absolute atomic E-state index is 0. The molecular weight excluding hydrogens is 300 g/mol. The summed E-state index contributed by atoms with van der Waals surface area (Å²) in [6.45, 7) is 5.47. The van der Waals surface area contributed by atoms with Crippen molar-refractivity contribution in [1.29, 1.82) is 0 Å². The van der Waals surface area contributed by atoms with Gasteiger partial charge in [-0.05, 0) is 11.5 Å². The van der Waals surface area contributed by atoms with Gasteiger partial charge in [0.05, 0.1) is 28.7 Å². The molecule has 7 nitrogen and oxygen atoms in total. The van der Waals surface area contributed by atoms with Crippen LogP contribution in [0.2, 0.25) is 0 Å². The Labute approximate surface area is 128 Å². The van der Waals surface area contributed by atoms with Crippen LogP contribution in [0, 0.1) is 15.5 Å². The van der Waals surface area contributed by atoms with E-state index in [1.54, 1.807) is 0 Å². The summed E-state index contributed by atoms with van der Waals surface area (Å²) in [5.74, 6) is 0.722. The first-order valence-electron chi connectivity index (χ1n) is 6.23. The Balaban J connectivity index is 0.00000220. The summed E-state index contributed by atoms with van der Waals surface area (Å²) in [4.78, 5) is 10.6. The maximum Gasteiger partial charge on any atom is 0.278 e. The SMILES string of the molecule is CC(C)(C)[C@@H](O)[C@@H](N)c1cc2c(cc1[N+](=O)[O-])OCO2.Cl. The normalized spacial score (nSPS) is 16.0. The van der Waals surface area contributed by atoms with Gasteiger partial charge in [-0.1, -0.05) is 20.8 Å². The van der Waals surface area contributed by atoms with Gasteiger partial charge >= 0.3 is 0 Å². The first-order chi connectivity index (χ1) is 9.21. The summed E-state index contributed by atoms with van der Waals surface area (Å²) in [6, 6.07) is 1.87. The highest BCUT2D eigenvalue weighted by Crippen LogP contribution is 2.41. The largest absolute Gasteiger partial charge is 0.454 e. The van der Waals surface area contributed by atoms with Crippen LogP contribution in [0.1, 0.15) is 32.4 Å². The lowest BCUT2D eigenvalue weighted by atomic mass is 9.82. The van der Waals surface area contributed by atoms with Gasteiger partial charge in [-0.2, -0.15) is 0 Å². The molecule has 0 aliphatic carbocycles. The van der Waals surface area contributed by atoms with Gasteiger partial charge in [0.2, 0.25) is 6.79 Å². The van der Waals surface area contributed by atoms with Crippen molar-refractivity contribution in [2.45, 2.75) is 32.9 Å². The zero-order valence-corrected chi connectivity index (χ0v) is 12.8. The minimum Gasteiger partial charge on any atom is -0.454 e. The Kier molecular flexibility index (Phi) is 5.03. The lowest BCUT2D eigenvalue weighted by Crippen LogP contribution is -2.37. The van der Waals surface area contributed by atoms with Crippen molar-refractivity contribution < 1.29 is 19.5 Å². The minimum atomic E-state index is -0.929. The summed E-state index contributed by atoms with van der Waals surface area (Å²) in [5, 5.41) is 21.4. The highest BCUT2D eigenvalue weighted by atomic mass is 35.5. The highest BCUT2D eigenvalue weighted by molar-refractivity contribution is 5.85. The fraction of sp³-hybridized carbons (Fsp3) is 0.538. The van der Waals surface area contributed by atoms with Crippen LogP contribution in [0.5, 0.6) is 11.5 Å². The second-order valence-electron chi connectivity index (χ2n) is 5.86. The van der Waals surface area contributed by atoms with Crippen molar-refractivity contribution in [3.8, 4) is 11.5 Å². The summed E-state index contributed by atoms with van der Waals surface area (Å²) in [7, 11) is 0. The molecule has 2 atom stereocenters. The molecule has 21 heavy (non-hydrogen) atoms. The molecule has 1 aromatic carbocycles. The quantitative estimate of drug-likeness (QED) is 0.653. The van der Waals surface area contributed by atoms with Gasteiger partial charge in [-0.3, -0.25) is 10.1 Å². The first kappa shape index (κ1) is 17.5. The van der Waals surface area contributed by atoms with E-state index in [4.69, 9.17) is 15.2 Å². The predicted octanol–water partition coefficient (Wildman–Crippen LogP) is 2.15. The van der Waals surface area contributed by atoms with Crippen LogP contribution in [0.15, 0.2) is 12.1 Å². The number of halogens is 1. The van der Waals surface area contributed by atoms with Crippen LogP contribution >= 0.6 is 12.4 Å². The number of nitrogens with two attached hydrogens (primary N) is 1. The number of fused-ring (bicyclic) bond motifs is 1. The molecule has 0 aromatic heterocycles. The summed E-state index contributed by atoms with van der Waals surface area (Å²) in [5.41, 5.74) is 5.57. The van der Waals surface area contributed by atoms with Gasteiger partial charge in [-0.25, -0.2) is 0 Å². The zero-order chi connectivity index (χ0) is 15.1. The number of hydrogen-bond donors (Lipinski definition) is 2. The molecule has 0 saturated heterocycles. The van der Waals surface area contributed by atoms with Gasteiger partial charge in [0.15, 0.2) is 11.5 Å². The first-order valence-corrected chi connectivity index (χ1v) is 6.23. The third-order valence-electron chi connectivity index (χ3n) is 3.31. The van der Waals surface area contributed by atoms with Crippen LogP contribution in [-0.4, -0.2) is 22.9 Å². The van der Waals surface area contributed by atoms with Gasteiger partial charge in [0, 0.05) is 0 Å². The molecule has 1 heterocycles. The fourth-order valence-electron chi connectivity index (χ4n) is 2.08. The number of aliphatic hydroxyl groups excluding tert-OH is 1. The van der Waals surface area contributed by atoms with Crippen molar-refractivity contribution in [1.82, 2.24) is 0 Å². The second-order valence-corrected chi connectivity index (χ2v) is 5.86. The molecule has 3 N–H and O–H groups in total. The van der Waals surface area contributed by atoms with E-state index < -0.39 is 22.5 Å². The molecule has 0 unspecified atom stereocenters. The van der Waals surface area contributed by atoms with Crippen molar-refractivity contribution in [3.63, 3.8) is 0 Å². The summed E-state index contributed by atoms with van der Waals surface area (Å²) < 4.78 is 10.3. The van der Waals surface area contributed by atoms with Gasteiger partial charge in [0.25, 0.3) is 5.69 Å². The zero-order valence-electron chi connectivity index (χ0n) is 12.0. The third-order valence-corrected chi connectivity index (χ3v) is 3.31. The van der Waals surface area contributed by atoms with Crippen molar-refractivity contribution >= 4 is 18.1 Å². The average molecular weight is 319 g/mol. The summed E-state index contributed by atoms with van der Waals surface area (Å²) >= 11 is 0. The maximum absolute atomic E-state index is 11.2. The Morgan fingerprint density at radius 3 is 2.33 bits per heavy atom. The van der Waals surface area contributed by atoms with Crippen LogP contribution in [0.3, 0.4) is 0 Å². The Hall–Kier alpha value is -1.57. The molecule has 0 radical (unpaired) electrons. The van der Waals surface area contributed by atoms with Crippen LogP contribution in [-0.2, 0) is 0 Å². The molecule has 8 heteroatoms. The molecule has 0 spiro atoms. The van der Waals surface area contributed by atoms with E-state index >= 15 is 0 Å². The third kappa shape index (κ3) is 3.37. The standard InChI is InChI=1S/C13H18N2O5.ClH/c1-13(2,3)12(16)11(14)7-4-9-10(20-6-19-9)5-8(7)15(17)18;/h4-5,11-12,16H,6,14H2,1-3H3;1H/t11-,12-;/m0./s1. The molecule has 0 saturated carbocycles. The molecule has 2 rings (SSSR count). The van der Waals surface area contributed by atoms with Gasteiger partial charge in [-0.15, -0.1) is 12.4 Å². The van der Waals surface area contributed by atoms with E-state index in [9.17, 15) is 15.2 Å². The molecular formula is C13H19ClN2O5. The number of rotatable bonds is 3. The number of hydrogen-bond acceptors (Lipinski definition) is 6. The van der Waals surface area contributed by atoms with Crippen LogP contribution in [0.25, 0.3) is 0 Å². The van der Waals surface area contributed by atoms with E-state index in [1.165, 1.54) is 12.1 Å². The topological polar surface area (TPSA) is 108 Å². The lowest BCUT2D eigenvalue weighted by Gasteiger charge is -2.30. The van der Waals surface area contributed by atoms with Gasteiger partial charge in [0.1, 0.15) is 0 Å². The number of benzene rings is 1. The number of nitro groups is 1. The van der Waals surface area contributed by atoms with Gasteiger partial charge < -0.3 is 20.3 Å². The van der Waals surface area contributed by atoms with Crippen LogP contribution in [0.4, 0.5) is 5.69 Å². The maximum atomic E-state index is 11.2. The highest BCUT2D eigenvalue weighted by Gasteiger charge is 2.34. The van der Waals surface area contributed by atoms with Crippen molar-refractivity contribution in [2.75, 3.05) is 6.79 Å². The smallest absolute Gasteiger partial charge is 0.278 e. The molecule has 1 aromatic rings. The fourth-order valence-corrected chi connectivity index (χ4v) is 2.08. The summed E-state index contributed by atoms with van der Waals surface area (Å²) in [6.07, 6.45) is -0.929. The predicted molar refractivity (Wildman–Crippen MR) is 78.9 cm³/mol. The molecule has 0 bridgehead atoms. The Bertz CT molecular complexity index is 544. The molecule has 0 amide bonds. The number of aliphatic hydroxyl groups is 1. The van der Waals surface area contributed by atoms with Crippen LogP contribution < -0.4 is 15.2 Å². The Morgan fingerprint density at radius 2 is 1.86 bits per heavy atom. The number of nitro benzene ring substituents is 1. The van der Waals surface area contributed by atoms with E-state index in [0.717, 1.165) is 0 Å². The lowest BCUT2D eigenvalue weighted by molar-refractivity contribution is -0.386. The van der Waals surface area contributed by atoms with Crippen molar-refractivity contribution in [3.05, 3.63) is 27.8 Å². The number of ether oxygens (including phenoxy) is 2.